The third-order valence-corrected chi connectivity index (χ3v) is 4.47. The molecule has 0 amide bonds. The lowest BCUT2D eigenvalue weighted by atomic mass is 10.1. The van der Waals surface area contributed by atoms with Crippen LogP contribution < -0.4 is 20.5 Å². The molecule has 3 aromatic carbocycles. The SMILES string of the molecule is COc1ccc(OC)c(NC(N)=NCc2cccc(COCc3ccccc3)c2)c1. The predicted octanol–water partition coefficient (Wildman–Crippen LogP) is 4.35. The zero-order chi connectivity index (χ0) is 21.2. The van der Waals surface area contributed by atoms with Gasteiger partial charge >= 0.3 is 0 Å². The van der Waals surface area contributed by atoms with Crippen molar-refractivity contribution in [3.8, 4) is 11.5 Å². The molecule has 156 valence electrons. The van der Waals surface area contributed by atoms with E-state index in [1.54, 1.807) is 14.2 Å². The predicted molar refractivity (Wildman–Crippen MR) is 120 cm³/mol. The third kappa shape index (κ3) is 6.25. The van der Waals surface area contributed by atoms with Gasteiger partial charge in [-0.15, -0.1) is 0 Å². The van der Waals surface area contributed by atoms with E-state index in [0.717, 1.165) is 16.7 Å². The van der Waals surface area contributed by atoms with Crippen molar-refractivity contribution < 1.29 is 14.2 Å². The largest absolute Gasteiger partial charge is 0.497 e. The summed E-state index contributed by atoms with van der Waals surface area (Å²) in [6.07, 6.45) is 0. The van der Waals surface area contributed by atoms with E-state index in [1.807, 2.05) is 54.6 Å². The Balaban J connectivity index is 1.57. The summed E-state index contributed by atoms with van der Waals surface area (Å²) < 4.78 is 16.4. The van der Waals surface area contributed by atoms with Gasteiger partial charge in [0.1, 0.15) is 11.5 Å². The monoisotopic (exact) mass is 405 g/mol. The molecule has 0 heterocycles. The molecule has 0 aliphatic heterocycles. The van der Waals surface area contributed by atoms with Crippen molar-refractivity contribution in [2.75, 3.05) is 19.5 Å². The average molecular weight is 405 g/mol. The van der Waals surface area contributed by atoms with Crippen molar-refractivity contribution in [1.82, 2.24) is 0 Å². The number of ether oxygens (including phenoxy) is 3. The quantitative estimate of drug-likeness (QED) is 0.409. The molecule has 6 heteroatoms. The zero-order valence-corrected chi connectivity index (χ0v) is 17.3. The summed E-state index contributed by atoms with van der Waals surface area (Å²) in [6, 6.07) is 23.7. The number of anilines is 1. The molecule has 0 atom stereocenters. The molecule has 0 unspecified atom stereocenters. The number of hydrogen-bond donors (Lipinski definition) is 2. The number of aliphatic imine (C=N–C) groups is 1. The van der Waals surface area contributed by atoms with Gasteiger partial charge in [0, 0.05) is 6.07 Å². The van der Waals surface area contributed by atoms with Crippen molar-refractivity contribution in [2.24, 2.45) is 10.7 Å². The van der Waals surface area contributed by atoms with E-state index in [4.69, 9.17) is 19.9 Å². The Kier molecular flexibility index (Phi) is 7.69. The number of rotatable bonds is 9. The Labute approximate surface area is 177 Å². The molecule has 0 aliphatic rings. The second kappa shape index (κ2) is 10.9. The highest BCUT2D eigenvalue weighted by molar-refractivity contribution is 5.94. The summed E-state index contributed by atoms with van der Waals surface area (Å²) in [6.45, 7) is 1.58. The van der Waals surface area contributed by atoms with Crippen LogP contribution in [0.25, 0.3) is 0 Å². The van der Waals surface area contributed by atoms with Crippen LogP contribution in [-0.2, 0) is 24.5 Å². The number of benzene rings is 3. The van der Waals surface area contributed by atoms with Crippen LogP contribution in [0, 0.1) is 0 Å². The van der Waals surface area contributed by atoms with Gasteiger partial charge in [0.2, 0.25) is 0 Å². The van der Waals surface area contributed by atoms with E-state index < -0.39 is 0 Å². The molecule has 0 fully saturated rings. The molecule has 0 radical (unpaired) electrons. The van der Waals surface area contributed by atoms with Crippen LogP contribution in [0.3, 0.4) is 0 Å². The van der Waals surface area contributed by atoms with E-state index in [-0.39, 0.29) is 0 Å². The lowest BCUT2D eigenvalue weighted by molar-refractivity contribution is 0.107. The molecule has 0 spiro atoms. The van der Waals surface area contributed by atoms with Crippen molar-refractivity contribution in [3.05, 3.63) is 89.5 Å². The molecular formula is C24H27N3O3. The highest BCUT2D eigenvalue weighted by Gasteiger charge is 2.06. The maximum atomic E-state index is 6.07. The van der Waals surface area contributed by atoms with E-state index in [1.165, 1.54) is 0 Å². The van der Waals surface area contributed by atoms with Crippen LogP contribution in [-0.4, -0.2) is 20.2 Å². The molecule has 0 bridgehead atoms. The second-order valence-electron chi connectivity index (χ2n) is 6.69. The highest BCUT2D eigenvalue weighted by Crippen LogP contribution is 2.28. The van der Waals surface area contributed by atoms with E-state index in [2.05, 4.69) is 28.5 Å². The van der Waals surface area contributed by atoms with Gasteiger partial charge in [0.15, 0.2) is 5.96 Å². The van der Waals surface area contributed by atoms with Crippen LogP contribution >= 0.6 is 0 Å². The summed E-state index contributed by atoms with van der Waals surface area (Å²) in [5.74, 6) is 1.66. The van der Waals surface area contributed by atoms with E-state index >= 15 is 0 Å². The van der Waals surface area contributed by atoms with Crippen molar-refractivity contribution in [2.45, 2.75) is 19.8 Å². The summed E-state index contributed by atoms with van der Waals surface area (Å²) in [4.78, 5) is 4.44. The summed E-state index contributed by atoms with van der Waals surface area (Å²) in [5.41, 5.74) is 10.1. The Bertz CT molecular complexity index is 974. The highest BCUT2D eigenvalue weighted by atomic mass is 16.5. The minimum atomic E-state index is 0.298. The summed E-state index contributed by atoms with van der Waals surface area (Å²) >= 11 is 0. The van der Waals surface area contributed by atoms with Crippen LogP contribution in [0.2, 0.25) is 0 Å². The van der Waals surface area contributed by atoms with Gasteiger partial charge in [-0.25, -0.2) is 4.99 Å². The number of hydrogen-bond acceptors (Lipinski definition) is 4. The minimum Gasteiger partial charge on any atom is -0.497 e. The number of guanidine groups is 1. The van der Waals surface area contributed by atoms with Gasteiger partial charge in [-0.3, -0.25) is 0 Å². The number of nitrogens with two attached hydrogens (primary N) is 1. The molecule has 0 aromatic heterocycles. The lowest BCUT2D eigenvalue weighted by Gasteiger charge is -2.12. The normalized spacial score (nSPS) is 11.2. The standard InChI is InChI=1S/C24H27N3O3/c1-28-21-11-12-23(29-2)22(14-21)27-24(25)26-15-19-9-6-10-20(13-19)17-30-16-18-7-4-3-5-8-18/h3-14H,15-17H2,1-2H3,(H3,25,26,27). The molecule has 3 N–H and O–H groups in total. The van der Waals surface area contributed by atoms with Gasteiger partial charge in [0.05, 0.1) is 39.7 Å². The molecule has 3 rings (SSSR count). The first-order chi connectivity index (χ1) is 14.7. The second-order valence-corrected chi connectivity index (χ2v) is 6.69. The fraction of sp³-hybridized carbons (Fsp3) is 0.208. The fourth-order valence-corrected chi connectivity index (χ4v) is 2.94. The molecule has 0 saturated carbocycles. The average Bonchev–Trinajstić information content (AvgIpc) is 2.78. The minimum absolute atomic E-state index is 0.298. The summed E-state index contributed by atoms with van der Waals surface area (Å²) in [7, 11) is 3.21. The topological polar surface area (TPSA) is 78.1 Å². The van der Waals surface area contributed by atoms with Crippen LogP contribution in [0.15, 0.2) is 77.8 Å². The van der Waals surface area contributed by atoms with Crippen molar-refractivity contribution >= 4 is 11.6 Å². The van der Waals surface area contributed by atoms with Gasteiger partial charge in [-0.1, -0.05) is 54.6 Å². The summed E-state index contributed by atoms with van der Waals surface area (Å²) in [5, 5.41) is 3.07. The van der Waals surface area contributed by atoms with Gasteiger partial charge in [-0.2, -0.15) is 0 Å². The first-order valence-corrected chi connectivity index (χ1v) is 9.66. The number of methoxy groups -OCH3 is 2. The smallest absolute Gasteiger partial charge is 0.193 e. The van der Waals surface area contributed by atoms with E-state index in [9.17, 15) is 0 Å². The van der Waals surface area contributed by atoms with Gasteiger partial charge < -0.3 is 25.3 Å². The number of nitrogens with zero attached hydrogens (tertiary/aromatic N) is 1. The molecular weight excluding hydrogens is 378 g/mol. The van der Waals surface area contributed by atoms with Crippen molar-refractivity contribution in [1.29, 1.82) is 0 Å². The van der Waals surface area contributed by atoms with Gasteiger partial charge in [0.25, 0.3) is 0 Å². The molecule has 0 aliphatic carbocycles. The molecule has 30 heavy (non-hydrogen) atoms. The zero-order valence-electron chi connectivity index (χ0n) is 17.3. The van der Waals surface area contributed by atoms with Crippen LogP contribution in [0.5, 0.6) is 11.5 Å². The fourth-order valence-electron chi connectivity index (χ4n) is 2.94. The molecule has 0 saturated heterocycles. The van der Waals surface area contributed by atoms with Crippen LogP contribution in [0.1, 0.15) is 16.7 Å². The Hall–Kier alpha value is -3.51. The number of nitrogens with one attached hydrogen (secondary N) is 1. The molecule has 6 nitrogen and oxygen atoms in total. The third-order valence-electron chi connectivity index (χ3n) is 4.47. The van der Waals surface area contributed by atoms with E-state index in [0.29, 0.717) is 42.9 Å². The lowest BCUT2D eigenvalue weighted by Crippen LogP contribution is -2.23. The Morgan fingerprint density at radius 1 is 0.833 bits per heavy atom. The van der Waals surface area contributed by atoms with Crippen molar-refractivity contribution in [3.63, 3.8) is 0 Å². The maximum Gasteiger partial charge on any atom is 0.193 e. The van der Waals surface area contributed by atoms with Gasteiger partial charge in [-0.05, 0) is 28.8 Å². The Morgan fingerprint density at radius 2 is 1.57 bits per heavy atom. The Morgan fingerprint density at radius 3 is 2.33 bits per heavy atom. The maximum absolute atomic E-state index is 6.07. The van der Waals surface area contributed by atoms with Crippen LogP contribution in [0.4, 0.5) is 5.69 Å². The molecule has 3 aromatic rings. The first kappa shape index (κ1) is 21.2. The first-order valence-electron chi connectivity index (χ1n) is 9.66.